The summed E-state index contributed by atoms with van der Waals surface area (Å²) in [6, 6.07) is 6.13. The third kappa shape index (κ3) is 0.985. The maximum atomic E-state index is 5.66. The fraction of sp³-hybridized carbons (Fsp3) is 0.0909. The second kappa shape index (κ2) is 2.48. The minimum absolute atomic E-state index is 0.984. The van der Waals surface area contributed by atoms with Gasteiger partial charge in [-0.25, -0.2) is 0 Å². The zero-order chi connectivity index (χ0) is 8.84. The van der Waals surface area contributed by atoms with Gasteiger partial charge in [0.1, 0.15) is 11.3 Å². The molecular weight excluding hydrogens is 228 g/mol. The van der Waals surface area contributed by atoms with E-state index in [2.05, 4.69) is 28.1 Å². The lowest BCUT2D eigenvalue weighted by Gasteiger charge is -1.91. The molecule has 2 heteroatoms. The van der Waals surface area contributed by atoms with E-state index in [0.29, 0.717) is 0 Å². The van der Waals surface area contributed by atoms with E-state index in [-0.39, 0.29) is 0 Å². The fourth-order valence-corrected chi connectivity index (χ4v) is 2.13. The first-order valence-electron chi connectivity index (χ1n) is 4.22. The van der Waals surface area contributed by atoms with E-state index in [9.17, 15) is 0 Å². The van der Waals surface area contributed by atoms with Crippen LogP contribution in [0.25, 0.3) is 17.0 Å². The maximum Gasteiger partial charge on any atom is 0.135 e. The van der Waals surface area contributed by atoms with Crippen molar-refractivity contribution in [3.05, 3.63) is 40.1 Å². The van der Waals surface area contributed by atoms with Crippen LogP contribution in [0.3, 0.4) is 0 Å². The van der Waals surface area contributed by atoms with Gasteiger partial charge in [-0.2, -0.15) is 0 Å². The second-order valence-electron chi connectivity index (χ2n) is 3.19. The van der Waals surface area contributed by atoms with Gasteiger partial charge in [-0.3, -0.25) is 0 Å². The van der Waals surface area contributed by atoms with Gasteiger partial charge in [-0.05, 0) is 30.7 Å². The van der Waals surface area contributed by atoms with Crippen LogP contribution >= 0.6 is 15.9 Å². The van der Waals surface area contributed by atoms with Crippen LogP contribution in [-0.4, -0.2) is 0 Å². The van der Waals surface area contributed by atoms with E-state index < -0.39 is 0 Å². The number of furan rings is 1. The molecule has 1 aliphatic rings. The van der Waals surface area contributed by atoms with E-state index in [1.54, 1.807) is 0 Å². The zero-order valence-corrected chi connectivity index (χ0v) is 8.47. The first-order valence-corrected chi connectivity index (χ1v) is 5.01. The SMILES string of the molecule is Brc1ccc2oc3c(c2c1)CC=C3. The molecule has 1 heterocycles. The minimum Gasteiger partial charge on any atom is -0.456 e. The van der Waals surface area contributed by atoms with Crippen molar-refractivity contribution >= 4 is 33.0 Å². The van der Waals surface area contributed by atoms with Crippen molar-refractivity contribution in [3.8, 4) is 0 Å². The summed E-state index contributed by atoms with van der Waals surface area (Å²) in [4.78, 5) is 0. The van der Waals surface area contributed by atoms with E-state index in [4.69, 9.17) is 4.42 Å². The van der Waals surface area contributed by atoms with Gasteiger partial charge < -0.3 is 4.42 Å². The average Bonchev–Trinajstić information content (AvgIpc) is 2.64. The molecule has 0 fully saturated rings. The topological polar surface area (TPSA) is 13.1 Å². The van der Waals surface area contributed by atoms with Gasteiger partial charge in [0, 0.05) is 15.4 Å². The van der Waals surface area contributed by atoms with Crippen molar-refractivity contribution in [2.24, 2.45) is 0 Å². The Bertz CT molecular complexity index is 508. The number of fused-ring (bicyclic) bond motifs is 3. The molecule has 0 atom stereocenters. The first-order chi connectivity index (χ1) is 6.34. The number of hydrogen-bond acceptors (Lipinski definition) is 1. The second-order valence-corrected chi connectivity index (χ2v) is 4.11. The fourth-order valence-electron chi connectivity index (χ4n) is 1.77. The molecule has 1 nitrogen and oxygen atoms in total. The molecule has 0 saturated carbocycles. The third-order valence-corrected chi connectivity index (χ3v) is 2.87. The molecule has 0 bridgehead atoms. The highest BCUT2D eigenvalue weighted by Crippen LogP contribution is 2.32. The monoisotopic (exact) mass is 234 g/mol. The number of hydrogen-bond donors (Lipinski definition) is 0. The average molecular weight is 235 g/mol. The van der Waals surface area contributed by atoms with Crippen molar-refractivity contribution < 1.29 is 4.42 Å². The van der Waals surface area contributed by atoms with E-state index >= 15 is 0 Å². The highest BCUT2D eigenvalue weighted by molar-refractivity contribution is 9.10. The highest BCUT2D eigenvalue weighted by atomic mass is 79.9. The summed E-state index contributed by atoms with van der Waals surface area (Å²) in [7, 11) is 0. The zero-order valence-electron chi connectivity index (χ0n) is 6.88. The molecule has 0 saturated heterocycles. The summed E-state index contributed by atoms with van der Waals surface area (Å²) in [5.74, 6) is 1.02. The molecular formula is C11H7BrO. The Morgan fingerprint density at radius 3 is 3.15 bits per heavy atom. The minimum atomic E-state index is 0.984. The molecule has 0 N–H and O–H groups in total. The molecule has 1 aromatic carbocycles. The molecule has 0 amide bonds. The molecule has 0 aliphatic heterocycles. The summed E-state index contributed by atoms with van der Waals surface area (Å²) < 4.78 is 6.76. The van der Waals surface area contributed by atoms with E-state index in [0.717, 1.165) is 22.2 Å². The number of halogens is 1. The standard InChI is InChI=1S/C11H7BrO/c12-7-4-5-11-9(6-7)8-2-1-3-10(8)13-11/h1,3-6H,2H2. The molecule has 0 unspecified atom stereocenters. The van der Waals surface area contributed by atoms with Crippen LogP contribution in [0, 0.1) is 0 Å². The smallest absolute Gasteiger partial charge is 0.135 e. The van der Waals surface area contributed by atoms with Gasteiger partial charge in [0.05, 0.1) is 0 Å². The van der Waals surface area contributed by atoms with Crippen LogP contribution in [0.1, 0.15) is 11.3 Å². The predicted molar refractivity (Wildman–Crippen MR) is 56.7 cm³/mol. The van der Waals surface area contributed by atoms with E-state index in [1.807, 2.05) is 18.2 Å². The molecule has 64 valence electrons. The van der Waals surface area contributed by atoms with Crippen molar-refractivity contribution in [2.75, 3.05) is 0 Å². The quantitative estimate of drug-likeness (QED) is 0.677. The number of allylic oxidation sites excluding steroid dienone is 1. The van der Waals surface area contributed by atoms with Gasteiger partial charge in [0.25, 0.3) is 0 Å². The lowest BCUT2D eigenvalue weighted by molar-refractivity contribution is 0.602. The lowest BCUT2D eigenvalue weighted by Crippen LogP contribution is -1.74. The lowest BCUT2D eigenvalue weighted by atomic mass is 10.1. The summed E-state index contributed by atoms with van der Waals surface area (Å²) in [6.07, 6.45) is 5.18. The van der Waals surface area contributed by atoms with Gasteiger partial charge in [0.15, 0.2) is 0 Å². The summed E-state index contributed by atoms with van der Waals surface area (Å²) in [6.45, 7) is 0. The molecule has 2 aromatic rings. The Balaban J connectivity index is 2.44. The third-order valence-electron chi connectivity index (χ3n) is 2.38. The Labute approximate surface area is 84.2 Å². The van der Waals surface area contributed by atoms with Gasteiger partial charge in [-0.1, -0.05) is 22.0 Å². The molecule has 0 spiro atoms. The molecule has 0 radical (unpaired) electrons. The van der Waals surface area contributed by atoms with Crippen LogP contribution in [0.2, 0.25) is 0 Å². The Hall–Kier alpha value is -1.02. The normalized spacial score (nSPS) is 13.9. The number of benzene rings is 1. The molecule has 1 aromatic heterocycles. The van der Waals surface area contributed by atoms with Gasteiger partial charge >= 0.3 is 0 Å². The maximum absolute atomic E-state index is 5.66. The van der Waals surface area contributed by atoms with Crippen molar-refractivity contribution in [2.45, 2.75) is 6.42 Å². The van der Waals surface area contributed by atoms with Crippen LogP contribution in [0.15, 0.2) is 33.2 Å². The molecule has 1 aliphatic carbocycles. The predicted octanol–water partition coefficient (Wildman–Crippen LogP) is 3.76. The Kier molecular flexibility index (Phi) is 1.41. The summed E-state index contributed by atoms with van der Waals surface area (Å²) in [5, 5.41) is 1.23. The largest absolute Gasteiger partial charge is 0.456 e. The Morgan fingerprint density at radius 2 is 2.23 bits per heavy atom. The van der Waals surface area contributed by atoms with E-state index in [1.165, 1.54) is 10.9 Å². The van der Waals surface area contributed by atoms with Crippen LogP contribution in [-0.2, 0) is 6.42 Å². The molecule has 3 rings (SSSR count). The highest BCUT2D eigenvalue weighted by Gasteiger charge is 2.14. The van der Waals surface area contributed by atoms with Crippen molar-refractivity contribution in [3.63, 3.8) is 0 Å². The summed E-state index contributed by atoms with van der Waals surface area (Å²) >= 11 is 3.46. The van der Waals surface area contributed by atoms with Crippen LogP contribution < -0.4 is 0 Å². The van der Waals surface area contributed by atoms with Crippen molar-refractivity contribution in [1.82, 2.24) is 0 Å². The Morgan fingerprint density at radius 1 is 1.31 bits per heavy atom. The first kappa shape index (κ1) is 7.39. The van der Waals surface area contributed by atoms with Crippen LogP contribution in [0.4, 0.5) is 0 Å². The number of rotatable bonds is 0. The van der Waals surface area contributed by atoms with Crippen molar-refractivity contribution in [1.29, 1.82) is 0 Å². The summed E-state index contributed by atoms with van der Waals surface area (Å²) in [5.41, 5.74) is 2.30. The van der Waals surface area contributed by atoms with Gasteiger partial charge in [-0.15, -0.1) is 0 Å². The van der Waals surface area contributed by atoms with Crippen LogP contribution in [0.5, 0.6) is 0 Å². The van der Waals surface area contributed by atoms with Gasteiger partial charge in [0.2, 0.25) is 0 Å². The molecule has 13 heavy (non-hydrogen) atoms.